The van der Waals surface area contributed by atoms with E-state index in [1.165, 1.54) is 16.4 Å². The van der Waals surface area contributed by atoms with Crippen LogP contribution in [0.2, 0.25) is 0 Å². The summed E-state index contributed by atoms with van der Waals surface area (Å²) in [6.45, 7) is 0.734. The fourth-order valence-corrected chi connectivity index (χ4v) is 4.71. The third kappa shape index (κ3) is 2.19. The molecule has 3 rings (SSSR count). The van der Waals surface area contributed by atoms with Crippen LogP contribution in [0.25, 0.3) is 0 Å². The average Bonchev–Trinajstić information content (AvgIpc) is 2.89. The molecule has 1 aromatic rings. The molecular formula is C13H17FN2O3S. The van der Waals surface area contributed by atoms with E-state index in [1.807, 2.05) is 0 Å². The number of ether oxygens (including phenoxy) is 1. The Morgan fingerprint density at radius 3 is 2.90 bits per heavy atom. The summed E-state index contributed by atoms with van der Waals surface area (Å²) in [6, 6.07) is 3.43. The predicted octanol–water partition coefficient (Wildman–Crippen LogP) is 1.35. The van der Waals surface area contributed by atoms with Crippen molar-refractivity contribution in [3.63, 3.8) is 0 Å². The molecule has 2 unspecified atom stereocenters. The Labute approximate surface area is 117 Å². The van der Waals surface area contributed by atoms with Crippen LogP contribution >= 0.6 is 0 Å². The second-order valence-corrected chi connectivity index (χ2v) is 7.10. The molecule has 7 heteroatoms. The molecule has 0 amide bonds. The lowest BCUT2D eigenvalue weighted by Crippen LogP contribution is -2.51. The fraction of sp³-hybridized carbons (Fsp3) is 0.538. The quantitative estimate of drug-likeness (QED) is 0.837. The minimum absolute atomic E-state index is 0.0173. The first-order valence-electron chi connectivity index (χ1n) is 6.68. The number of hydrogen-bond acceptors (Lipinski definition) is 4. The van der Waals surface area contributed by atoms with Crippen molar-refractivity contribution in [2.24, 2.45) is 0 Å². The normalized spacial score (nSPS) is 27.4. The van der Waals surface area contributed by atoms with Gasteiger partial charge in [0.15, 0.2) is 0 Å². The SMILES string of the molecule is Nc1cc(S(=O)(=O)N2CCOC3CCCC32)ccc1F. The van der Waals surface area contributed by atoms with Crippen LogP contribution in [-0.2, 0) is 14.8 Å². The van der Waals surface area contributed by atoms with Crippen molar-refractivity contribution >= 4 is 15.7 Å². The van der Waals surface area contributed by atoms with Crippen LogP contribution in [0.3, 0.4) is 0 Å². The van der Waals surface area contributed by atoms with E-state index in [0.717, 1.165) is 25.3 Å². The highest BCUT2D eigenvalue weighted by Crippen LogP contribution is 2.33. The predicted molar refractivity (Wildman–Crippen MR) is 72.1 cm³/mol. The molecule has 1 aliphatic carbocycles. The molecule has 20 heavy (non-hydrogen) atoms. The van der Waals surface area contributed by atoms with Crippen molar-refractivity contribution < 1.29 is 17.5 Å². The summed E-state index contributed by atoms with van der Waals surface area (Å²) in [5, 5.41) is 0. The lowest BCUT2D eigenvalue weighted by molar-refractivity contribution is -0.0241. The van der Waals surface area contributed by atoms with Crippen molar-refractivity contribution in [1.82, 2.24) is 4.31 Å². The molecular weight excluding hydrogens is 283 g/mol. The first-order chi connectivity index (χ1) is 9.50. The standard InChI is InChI=1S/C13H17FN2O3S/c14-10-5-4-9(8-11(10)15)20(17,18)16-6-7-19-13-3-1-2-12(13)16/h4-5,8,12-13H,1-3,6-7,15H2. The third-order valence-electron chi connectivity index (χ3n) is 4.01. The summed E-state index contributed by atoms with van der Waals surface area (Å²) in [5.74, 6) is -0.607. The smallest absolute Gasteiger partial charge is 0.243 e. The van der Waals surface area contributed by atoms with Crippen LogP contribution in [0.5, 0.6) is 0 Å². The molecule has 2 N–H and O–H groups in total. The van der Waals surface area contributed by atoms with Crippen LogP contribution in [0.15, 0.2) is 23.1 Å². The highest BCUT2D eigenvalue weighted by molar-refractivity contribution is 7.89. The average molecular weight is 300 g/mol. The number of anilines is 1. The number of nitrogens with zero attached hydrogens (tertiary/aromatic N) is 1. The summed E-state index contributed by atoms with van der Waals surface area (Å²) in [4.78, 5) is 0.0453. The largest absolute Gasteiger partial charge is 0.396 e. The van der Waals surface area contributed by atoms with Gasteiger partial charge in [-0.1, -0.05) is 0 Å². The highest BCUT2D eigenvalue weighted by atomic mass is 32.2. The number of nitrogens with two attached hydrogens (primary N) is 1. The van der Waals surface area contributed by atoms with Crippen LogP contribution < -0.4 is 5.73 Å². The Morgan fingerprint density at radius 2 is 2.15 bits per heavy atom. The van der Waals surface area contributed by atoms with E-state index >= 15 is 0 Å². The van der Waals surface area contributed by atoms with Gasteiger partial charge in [0.25, 0.3) is 0 Å². The molecule has 2 aliphatic rings. The van der Waals surface area contributed by atoms with Gasteiger partial charge in [-0.3, -0.25) is 0 Å². The van der Waals surface area contributed by atoms with E-state index in [4.69, 9.17) is 10.5 Å². The minimum atomic E-state index is -3.65. The number of halogens is 1. The maximum Gasteiger partial charge on any atom is 0.243 e. The highest BCUT2D eigenvalue weighted by Gasteiger charge is 2.42. The molecule has 0 bridgehead atoms. The Kier molecular flexibility index (Phi) is 3.43. The number of fused-ring (bicyclic) bond motifs is 1. The second-order valence-electron chi connectivity index (χ2n) is 5.21. The van der Waals surface area contributed by atoms with Gasteiger partial charge < -0.3 is 10.5 Å². The molecule has 1 heterocycles. The summed E-state index contributed by atoms with van der Waals surface area (Å²) >= 11 is 0. The van der Waals surface area contributed by atoms with Gasteiger partial charge in [0.2, 0.25) is 10.0 Å². The lowest BCUT2D eigenvalue weighted by atomic mass is 10.2. The first-order valence-corrected chi connectivity index (χ1v) is 8.12. The molecule has 5 nitrogen and oxygen atoms in total. The number of nitrogen functional groups attached to an aromatic ring is 1. The van der Waals surface area contributed by atoms with Crippen molar-refractivity contribution in [3.8, 4) is 0 Å². The molecule has 110 valence electrons. The molecule has 1 aromatic carbocycles. The number of morpholine rings is 1. The number of sulfonamides is 1. The number of rotatable bonds is 2. The fourth-order valence-electron chi connectivity index (χ4n) is 3.01. The molecule has 2 atom stereocenters. The van der Waals surface area contributed by atoms with Crippen molar-refractivity contribution in [3.05, 3.63) is 24.0 Å². The van der Waals surface area contributed by atoms with E-state index in [1.54, 1.807) is 0 Å². The van der Waals surface area contributed by atoms with E-state index in [0.29, 0.717) is 13.2 Å². The van der Waals surface area contributed by atoms with E-state index < -0.39 is 15.8 Å². The molecule has 0 aromatic heterocycles. The lowest BCUT2D eigenvalue weighted by Gasteiger charge is -2.36. The van der Waals surface area contributed by atoms with Crippen molar-refractivity contribution in [1.29, 1.82) is 0 Å². The van der Waals surface area contributed by atoms with Gasteiger partial charge in [0.05, 0.1) is 29.3 Å². The topological polar surface area (TPSA) is 72.6 Å². The molecule has 1 saturated carbocycles. The van der Waals surface area contributed by atoms with E-state index in [2.05, 4.69) is 0 Å². The minimum Gasteiger partial charge on any atom is -0.396 e. The van der Waals surface area contributed by atoms with Gasteiger partial charge in [0.1, 0.15) is 5.82 Å². The van der Waals surface area contributed by atoms with Gasteiger partial charge in [-0.15, -0.1) is 0 Å². The van der Waals surface area contributed by atoms with E-state index in [9.17, 15) is 12.8 Å². The molecule has 2 fully saturated rings. The zero-order valence-corrected chi connectivity index (χ0v) is 11.8. The zero-order valence-electron chi connectivity index (χ0n) is 11.0. The molecule has 1 aliphatic heterocycles. The van der Waals surface area contributed by atoms with Gasteiger partial charge in [-0.25, -0.2) is 12.8 Å². The maximum atomic E-state index is 13.2. The van der Waals surface area contributed by atoms with Crippen LogP contribution in [0, 0.1) is 5.82 Å². The van der Waals surface area contributed by atoms with Gasteiger partial charge in [0, 0.05) is 6.54 Å². The first kappa shape index (κ1) is 13.8. The van der Waals surface area contributed by atoms with Crippen molar-refractivity contribution in [2.75, 3.05) is 18.9 Å². The van der Waals surface area contributed by atoms with Gasteiger partial charge >= 0.3 is 0 Å². The van der Waals surface area contributed by atoms with Gasteiger partial charge in [-0.05, 0) is 37.5 Å². The van der Waals surface area contributed by atoms with Crippen LogP contribution in [0.4, 0.5) is 10.1 Å². The number of benzene rings is 1. The second kappa shape index (κ2) is 4.98. The maximum absolute atomic E-state index is 13.2. The summed E-state index contributed by atoms with van der Waals surface area (Å²) in [5.41, 5.74) is 5.32. The zero-order chi connectivity index (χ0) is 14.3. The van der Waals surface area contributed by atoms with Crippen LogP contribution in [0.1, 0.15) is 19.3 Å². The Morgan fingerprint density at radius 1 is 1.35 bits per heavy atom. The molecule has 1 saturated heterocycles. The summed E-state index contributed by atoms with van der Waals surface area (Å²) in [6.07, 6.45) is 2.65. The summed E-state index contributed by atoms with van der Waals surface area (Å²) < 4.78 is 45.7. The number of hydrogen-bond donors (Lipinski definition) is 1. The summed E-state index contributed by atoms with van der Waals surface area (Å²) in [7, 11) is -3.65. The van der Waals surface area contributed by atoms with E-state index in [-0.39, 0.29) is 22.7 Å². The van der Waals surface area contributed by atoms with Gasteiger partial charge in [-0.2, -0.15) is 4.31 Å². The monoisotopic (exact) mass is 300 g/mol. The Hall–Kier alpha value is -1.18. The Bertz CT molecular complexity index is 620. The van der Waals surface area contributed by atoms with Crippen LogP contribution in [-0.4, -0.2) is 38.0 Å². The van der Waals surface area contributed by atoms with Crippen molar-refractivity contribution in [2.45, 2.75) is 36.3 Å². The Balaban J connectivity index is 1.96. The molecule has 0 spiro atoms. The third-order valence-corrected chi connectivity index (χ3v) is 5.93. The molecule has 0 radical (unpaired) electrons.